The van der Waals surface area contributed by atoms with E-state index in [0.29, 0.717) is 18.3 Å². The van der Waals surface area contributed by atoms with Gasteiger partial charge in [0.05, 0.1) is 0 Å². The monoisotopic (exact) mass is 328 g/mol. The van der Waals surface area contributed by atoms with E-state index >= 15 is 0 Å². The molecule has 1 N–H and O–H groups in total. The van der Waals surface area contributed by atoms with E-state index in [1.54, 1.807) is 0 Å². The Kier molecular flexibility index (Phi) is 5.53. The van der Waals surface area contributed by atoms with Gasteiger partial charge in [-0.1, -0.05) is 37.3 Å². The van der Waals surface area contributed by atoms with Crippen molar-refractivity contribution in [2.45, 2.75) is 26.3 Å². The number of hydrogen-bond acceptors (Lipinski definition) is 5. The molecule has 128 valence electrons. The standard InChI is InChI=1S/C17H24N6O/c1-14(12-22-9-5-6-10-22)11-18-16(24)13-23-20-17(19-21-23)15-7-3-2-4-8-15/h2-4,7-8,14H,5-6,9-13H2,1H3,(H,18,24). The molecular formula is C17H24N6O. The summed E-state index contributed by atoms with van der Waals surface area (Å²) in [7, 11) is 0. The van der Waals surface area contributed by atoms with Crippen molar-refractivity contribution in [3.8, 4) is 11.4 Å². The predicted molar refractivity (Wildman–Crippen MR) is 91.1 cm³/mol. The number of amides is 1. The van der Waals surface area contributed by atoms with Gasteiger partial charge in [-0.05, 0) is 37.1 Å². The van der Waals surface area contributed by atoms with Crippen molar-refractivity contribution in [2.75, 3.05) is 26.2 Å². The van der Waals surface area contributed by atoms with Gasteiger partial charge in [-0.3, -0.25) is 4.79 Å². The van der Waals surface area contributed by atoms with Gasteiger partial charge in [0.1, 0.15) is 6.54 Å². The predicted octanol–water partition coefficient (Wildman–Crippen LogP) is 1.19. The van der Waals surface area contributed by atoms with Gasteiger partial charge in [0.25, 0.3) is 0 Å². The first kappa shape index (κ1) is 16.6. The Bertz CT molecular complexity index is 650. The first-order chi connectivity index (χ1) is 11.7. The minimum absolute atomic E-state index is 0.0831. The van der Waals surface area contributed by atoms with E-state index in [1.807, 2.05) is 30.3 Å². The van der Waals surface area contributed by atoms with Crippen LogP contribution in [0, 0.1) is 5.92 Å². The molecule has 24 heavy (non-hydrogen) atoms. The summed E-state index contributed by atoms with van der Waals surface area (Å²) in [5.74, 6) is 0.890. The molecule has 1 aliphatic rings. The molecule has 1 fully saturated rings. The van der Waals surface area contributed by atoms with Crippen LogP contribution >= 0.6 is 0 Å². The fraction of sp³-hybridized carbons (Fsp3) is 0.529. The smallest absolute Gasteiger partial charge is 0.243 e. The van der Waals surface area contributed by atoms with Gasteiger partial charge in [-0.2, -0.15) is 4.80 Å². The SMILES string of the molecule is CC(CNC(=O)Cn1nnc(-c2ccccc2)n1)CN1CCCC1. The third-order valence-electron chi connectivity index (χ3n) is 4.19. The topological polar surface area (TPSA) is 75.9 Å². The molecule has 1 atom stereocenters. The molecular weight excluding hydrogens is 304 g/mol. The molecule has 1 aliphatic heterocycles. The Balaban J connectivity index is 1.44. The number of carbonyl (C=O) groups excluding carboxylic acids is 1. The van der Waals surface area contributed by atoms with Gasteiger partial charge in [0.15, 0.2) is 0 Å². The van der Waals surface area contributed by atoms with Crippen LogP contribution in [0.4, 0.5) is 0 Å². The summed E-state index contributed by atoms with van der Waals surface area (Å²) in [6.45, 7) is 6.35. The van der Waals surface area contributed by atoms with Gasteiger partial charge in [0, 0.05) is 18.7 Å². The number of carbonyl (C=O) groups is 1. The van der Waals surface area contributed by atoms with Crippen molar-refractivity contribution in [2.24, 2.45) is 5.92 Å². The fourth-order valence-electron chi connectivity index (χ4n) is 2.96. The molecule has 1 saturated heterocycles. The highest BCUT2D eigenvalue weighted by atomic mass is 16.2. The van der Waals surface area contributed by atoms with Crippen LogP contribution in [0.15, 0.2) is 30.3 Å². The van der Waals surface area contributed by atoms with E-state index in [0.717, 1.165) is 12.1 Å². The third-order valence-corrected chi connectivity index (χ3v) is 4.19. The molecule has 2 heterocycles. The molecule has 0 radical (unpaired) electrons. The van der Waals surface area contributed by atoms with E-state index in [-0.39, 0.29) is 12.5 Å². The minimum Gasteiger partial charge on any atom is -0.354 e. The largest absolute Gasteiger partial charge is 0.354 e. The summed E-state index contributed by atoms with van der Waals surface area (Å²) in [6.07, 6.45) is 2.58. The molecule has 1 aromatic carbocycles. The van der Waals surface area contributed by atoms with Crippen LogP contribution in [0.1, 0.15) is 19.8 Å². The molecule has 0 spiro atoms. The molecule has 1 amide bonds. The van der Waals surface area contributed by atoms with Crippen LogP contribution in [-0.2, 0) is 11.3 Å². The Morgan fingerprint density at radius 3 is 2.75 bits per heavy atom. The molecule has 0 bridgehead atoms. The van der Waals surface area contributed by atoms with Crippen LogP contribution in [0.2, 0.25) is 0 Å². The van der Waals surface area contributed by atoms with E-state index in [1.165, 1.54) is 30.7 Å². The minimum atomic E-state index is -0.0831. The maximum absolute atomic E-state index is 12.0. The zero-order chi connectivity index (χ0) is 16.8. The van der Waals surface area contributed by atoms with E-state index in [2.05, 4.69) is 32.6 Å². The summed E-state index contributed by atoms with van der Waals surface area (Å²) < 4.78 is 0. The van der Waals surface area contributed by atoms with Crippen LogP contribution < -0.4 is 5.32 Å². The zero-order valence-corrected chi connectivity index (χ0v) is 14.1. The van der Waals surface area contributed by atoms with Crippen LogP contribution in [0.5, 0.6) is 0 Å². The highest BCUT2D eigenvalue weighted by molar-refractivity contribution is 5.75. The summed E-state index contributed by atoms with van der Waals surface area (Å²) in [5.41, 5.74) is 0.892. The second-order valence-corrected chi connectivity index (χ2v) is 6.43. The average molecular weight is 328 g/mol. The van der Waals surface area contributed by atoms with Gasteiger partial charge in [-0.25, -0.2) is 0 Å². The molecule has 7 nitrogen and oxygen atoms in total. The fourth-order valence-corrected chi connectivity index (χ4v) is 2.96. The van der Waals surface area contributed by atoms with Crippen molar-refractivity contribution >= 4 is 5.91 Å². The number of nitrogens with one attached hydrogen (secondary N) is 1. The molecule has 0 aliphatic carbocycles. The van der Waals surface area contributed by atoms with E-state index in [4.69, 9.17) is 0 Å². The van der Waals surface area contributed by atoms with Gasteiger partial charge < -0.3 is 10.2 Å². The zero-order valence-electron chi connectivity index (χ0n) is 14.1. The first-order valence-corrected chi connectivity index (χ1v) is 8.53. The Labute approximate surface area is 142 Å². The maximum atomic E-state index is 12.0. The lowest BCUT2D eigenvalue weighted by atomic mass is 10.1. The Hall–Kier alpha value is -2.28. The lowest BCUT2D eigenvalue weighted by Gasteiger charge is -2.20. The highest BCUT2D eigenvalue weighted by Crippen LogP contribution is 2.12. The summed E-state index contributed by atoms with van der Waals surface area (Å²) in [5, 5.41) is 15.2. The van der Waals surface area contributed by atoms with Gasteiger partial charge >= 0.3 is 0 Å². The Morgan fingerprint density at radius 1 is 1.25 bits per heavy atom. The van der Waals surface area contributed by atoms with Crippen LogP contribution in [0.3, 0.4) is 0 Å². The Morgan fingerprint density at radius 2 is 2.00 bits per heavy atom. The van der Waals surface area contributed by atoms with Crippen molar-refractivity contribution < 1.29 is 4.79 Å². The molecule has 1 aromatic heterocycles. The van der Waals surface area contributed by atoms with Crippen LogP contribution in [-0.4, -0.2) is 57.2 Å². The van der Waals surface area contributed by atoms with Gasteiger partial charge in [-0.15, -0.1) is 10.2 Å². The normalized spacial score (nSPS) is 16.2. The quantitative estimate of drug-likeness (QED) is 0.826. The number of benzene rings is 1. The lowest BCUT2D eigenvalue weighted by molar-refractivity contribution is -0.122. The van der Waals surface area contributed by atoms with Crippen molar-refractivity contribution in [3.63, 3.8) is 0 Å². The maximum Gasteiger partial charge on any atom is 0.243 e. The highest BCUT2D eigenvalue weighted by Gasteiger charge is 2.15. The number of hydrogen-bond donors (Lipinski definition) is 1. The second-order valence-electron chi connectivity index (χ2n) is 6.43. The van der Waals surface area contributed by atoms with Crippen LogP contribution in [0.25, 0.3) is 11.4 Å². The number of aromatic nitrogens is 4. The molecule has 3 rings (SSSR count). The molecule has 1 unspecified atom stereocenters. The number of nitrogens with zero attached hydrogens (tertiary/aromatic N) is 5. The summed E-state index contributed by atoms with van der Waals surface area (Å²) in [4.78, 5) is 15.8. The number of tetrazole rings is 1. The average Bonchev–Trinajstić information content (AvgIpc) is 3.26. The second kappa shape index (κ2) is 8.01. The van der Waals surface area contributed by atoms with E-state index in [9.17, 15) is 4.79 Å². The van der Waals surface area contributed by atoms with Crippen molar-refractivity contribution in [3.05, 3.63) is 30.3 Å². The molecule has 0 saturated carbocycles. The number of likely N-dealkylation sites (tertiary alicyclic amines) is 1. The first-order valence-electron chi connectivity index (χ1n) is 8.53. The lowest BCUT2D eigenvalue weighted by Crippen LogP contribution is -2.36. The molecule has 7 heteroatoms. The van der Waals surface area contributed by atoms with Crippen molar-refractivity contribution in [1.29, 1.82) is 0 Å². The molecule has 2 aromatic rings. The number of rotatable bonds is 7. The van der Waals surface area contributed by atoms with E-state index < -0.39 is 0 Å². The summed E-state index contributed by atoms with van der Waals surface area (Å²) >= 11 is 0. The third kappa shape index (κ3) is 4.61. The van der Waals surface area contributed by atoms with Gasteiger partial charge in [0.2, 0.25) is 11.7 Å². The summed E-state index contributed by atoms with van der Waals surface area (Å²) in [6, 6.07) is 9.61. The van der Waals surface area contributed by atoms with Crippen molar-refractivity contribution in [1.82, 2.24) is 30.4 Å².